The molecule has 0 unspecified atom stereocenters. The molecule has 3 aliphatic rings. The molecule has 0 spiro atoms. The zero-order valence-electron chi connectivity index (χ0n) is 29.8. The van der Waals surface area contributed by atoms with Gasteiger partial charge in [-0.25, -0.2) is 0 Å². The molecular weight excluding hydrogens is 629 g/mol. The van der Waals surface area contributed by atoms with Crippen LogP contribution in [0.4, 0.5) is 5.69 Å². The topological polar surface area (TPSA) is 79.3 Å². The van der Waals surface area contributed by atoms with Gasteiger partial charge in [0.05, 0.1) is 46.5 Å². The Kier molecular flexibility index (Phi) is 11.3. The van der Waals surface area contributed by atoms with Crippen molar-refractivity contribution in [3.8, 4) is 5.75 Å². The van der Waals surface area contributed by atoms with Gasteiger partial charge in [0.2, 0.25) is 11.8 Å². The van der Waals surface area contributed by atoms with Crippen LogP contribution in [0.5, 0.6) is 5.75 Å². The maximum atomic E-state index is 14.2. The van der Waals surface area contributed by atoms with Gasteiger partial charge in [-0.05, 0) is 84.5 Å². The van der Waals surface area contributed by atoms with Gasteiger partial charge in [-0.1, -0.05) is 86.6 Å². The number of aliphatic hydroxyl groups is 1. The van der Waals surface area contributed by atoms with Crippen LogP contribution in [0.3, 0.4) is 0 Å². The van der Waals surface area contributed by atoms with E-state index in [9.17, 15) is 14.7 Å². The molecule has 0 saturated carbocycles. The van der Waals surface area contributed by atoms with Crippen molar-refractivity contribution in [2.75, 3.05) is 25.2 Å². The number of ether oxygens (including phenoxy) is 2. The van der Waals surface area contributed by atoms with Gasteiger partial charge in [0.15, 0.2) is 0 Å². The highest BCUT2D eigenvalue weighted by Crippen LogP contribution is 2.47. The number of rotatable bonds is 10. The minimum atomic E-state index is -2.14. The van der Waals surface area contributed by atoms with E-state index < -0.39 is 8.07 Å². The number of carbonyl (C=O) groups excluding carboxylic acids is 2. The zero-order valence-corrected chi connectivity index (χ0v) is 30.8. The summed E-state index contributed by atoms with van der Waals surface area (Å²) in [5.74, 6) is 1.41. The Balaban J connectivity index is 1.19. The lowest BCUT2D eigenvalue weighted by Gasteiger charge is -2.39. The summed E-state index contributed by atoms with van der Waals surface area (Å²) in [5.41, 5.74) is 4.84. The number of hydrogen-bond acceptors (Lipinski definition) is 5. The minimum absolute atomic E-state index is 0.0270. The van der Waals surface area contributed by atoms with Gasteiger partial charge < -0.3 is 24.4 Å². The van der Waals surface area contributed by atoms with Crippen molar-refractivity contribution in [3.05, 3.63) is 89.5 Å². The Morgan fingerprint density at radius 3 is 2.37 bits per heavy atom. The number of fused-ring (bicyclic) bond motifs is 1. The molecule has 0 aromatic heterocycles. The lowest BCUT2D eigenvalue weighted by molar-refractivity contribution is -0.138. The molecule has 5 atom stereocenters. The molecule has 3 aliphatic heterocycles. The van der Waals surface area contributed by atoms with E-state index >= 15 is 0 Å². The Morgan fingerprint density at radius 2 is 1.65 bits per heavy atom. The second-order valence-electron chi connectivity index (χ2n) is 15.0. The molecule has 6 rings (SSSR count). The molecule has 3 heterocycles. The van der Waals surface area contributed by atoms with Crippen molar-refractivity contribution in [2.45, 2.75) is 108 Å². The predicted molar refractivity (Wildman–Crippen MR) is 198 cm³/mol. The molecule has 2 amide bonds. The monoisotopic (exact) mass is 682 g/mol. The molecule has 3 aromatic carbocycles. The van der Waals surface area contributed by atoms with Gasteiger partial charge in [0, 0.05) is 25.2 Å². The van der Waals surface area contributed by atoms with E-state index in [2.05, 4.69) is 68.5 Å². The maximum Gasteiger partial charge on any atom is 0.226 e. The van der Waals surface area contributed by atoms with Crippen LogP contribution < -0.4 is 14.8 Å². The van der Waals surface area contributed by atoms with Gasteiger partial charge >= 0.3 is 0 Å². The lowest BCUT2D eigenvalue weighted by atomic mass is 9.93. The fraction of sp³-hybridized carbons (Fsp3) is 0.512. The van der Waals surface area contributed by atoms with Crippen molar-refractivity contribution in [1.29, 1.82) is 0 Å². The van der Waals surface area contributed by atoms with Crippen LogP contribution in [0.1, 0.15) is 68.6 Å². The van der Waals surface area contributed by atoms with E-state index in [1.165, 1.54) is 22.7 Å². The summed E-state index contributed by atoms with van der Waals surface area (Å²) in [7, 11) is -0.444. The first-order valence-corrected chi connectivity index (χ1v) is 21.4. The molecular formula is C41H54N2O5Si. The SMILES string of the molecule is COc1ccc([Si](C)(C)[C@@H]2[C@@H](C)[C@@H](CCc3ccc(N4CCCCCCC4=O)cc3)O[C@H]2CC(=O)N2Cc3ccccc3C[C@H]2CO)cc1. The molecule has 8 heteroatoms. The summed E-state index contributed by atoms with van der Waals surface area (Å²) in [6.07, 6.45) is 7.54. The van der Waals surface area contributed by atoms with Gasteiger partial charge in [-0.15, -0.1) is 0 Å². The zero-order chi connectivity index (χ0) is 34.5. The molecule has 0 radical (unpaired) electrons. The molecule has 2 fully saturated rings. The lowest BCUT2D eigenvalue weighted by Crippen LogP contribution is -2.52. The molecule has 3 aromatic rings. The molecule has 2 saturated heterocycles. The first-order valence-electron chi connectivity index (χ1n) is 18.4. The number of carbonyl (C=O) groups is 2. The third-order valence-electron chi connectivity index (χ3n) is 11.6. The molecule has 7 nitrogen and oxygen atoms in total. The molecule has 49 heavy (non-hydrogen) atoms. The standard InChI is InChI=1S/C41H54N2O5Si/c1-29-37(23-16-30-14-17-33(18-15-30)42-24-10-6-5-7-13-39(42)45)48-38(41(29)49(3,4)36-21-19-35(47-2)20-22-36)26-40(46)43-27-32-12-9-8-11-31(32)25-34(43)28-44/h8-9,11-12,14-15,17-22,29,34,37-38,41,44H,5-7,10,13,16,23-28H2,1-4H3/t29-,34-,37+,38-,41+/m0/s1. The second-order valence-corrected chi connectivity index (χ2v) is 19.7. The Labute approximate surface area is 293 Å². The molecule has 0 bridgehead atoms. The largest absolute Gasteiger partial charge is 0.497 e. The van der Waals surface area contributed by atoms with E-state index in [1.807, 2.05) is 34.1 Å². The quantitative estimate of drug-likeness (QED) is 0.243. The summed E-state index contributed by atoms with van der Waals surface area (Å²) >= 11 is 0. The van der Waals surface area contributed by atoms with Crippen LogP contribution >= 0.6 is 0 Å². The van der Waals surface area contributed by atoms with Gasteiger partial charge in [-0.2, -0.15) is 0 Å². The average Bonchev–Trinajstić information content (AvgIpc) is 3.43. The van der Waals surface area contributed by atoms with Gasteiger partial charge in [0.25, 0.3) is 0 Å². The van der Waals surface area contributed by atoms with E-state index in [0.717, 1.165) is 55.6 Å². The number of amides is 2. The molecule has 262 valence electrons. The van der Waals surface area contributed by atoms with Crippen LogP contribution in [0.15, 0.2) is 72.8 Å². The predicted octanol–water partition coefficient (Wildman–Crippen LogP) is 6.65. The van der Waals surface area contributed by atoms with Crippen molar-refractivity contribution in [2.24, 2.45) is 5.92 Å². The van der Waals surface area contributed by atoms with Gasteiger partial charge in [-0.3, -0.25) is 9.59 Å². The van der Waals surface area contributed by atoms with Crippen molar-refractivity contribution in [1.82, 2.24) is 4.90 Å². The van der Waals surface area contributed by atoms with Crippen molar-refractivity contribution < 1.29 is 24.2 Å². The fourth-order valence-corrected chi connectivity index (χ4v) is 12.8. The van der Waals surface area contributed by atoms with E-state index in [-0.39, 0.29) is 48.1 Å². The van der Waals surface area contributed by atoms with E-state index in [1.54, 1.807) is 7.11 Å². The van der Waals surface area contributed by atoms with Crippen LogP contribution in [0.2, 0.25) is 18.6 Å². The average molecular weight is 683 g/mol. The Hall–Kier alpha value is -3.46. The highest BCUT2D eigenvalue weighted by molar-refractivity contribution is 6.91. The number of anilines is 1. The summed E-state index contributed by atoms with van der Waals surface area (Å²) in [6, 6.07) is 25.1. The smallest absolute Gasteiger partial charge is 0.226 e. The molecule has 0 aliphatic carbocycles. The highest BCUT2D eigenvalue weighted by Gasteiger charge is 2.51. The van der Waals surface area contributed by atoms with Crippen LogP contribution in [-0.2, 0) is 33.7 Å². The summed E-state index contributed by atoms with van der Waals surface area (Å²) in [6.45, 7) is 8.42. The number of hydrogen-bond donors (Lipinski definition) is 1. The third kappa shape index (κ3) is 7.82. The number of aliphatic hydroxyl groups excluding tert-OH is 1. The Bertz CT molecular complexity index is 1580. The fourth-order valence-electron chi connectivity index (χ4n) is 8.76. The summed E-state index contributed by atoms with van der Waals surface area (Å²) in [5, 5.41) is 11.6. The van der Waals surface area contributed by atoms with Crippen molar-refractivity contribution >= 4 is 30.8 Å². The van der Waals surface area contributed by atoms with Crippen molar-refractivity contribution in [3.63, 3.8) is 0 Å². The minimum Gasteiger partial charge on any atom is -0.497 e. The summed E-state index contributed by atoms with van der Waals surface area (Å²) in [4.78, 5) is 30.8. The summed E-state index contributed by atoms with van der Waals surface area (Å²) < 4.78 is 12.4. The maximum absolute atomic E-state index is 14.2. The van der Waals surface area contributed by atoms with Gasteiger partial charge in [0.1, 0.15) is 5.75 Å². The van der Waals surface area contributed by atoms with E-state index in [0.29, 0.717) is 25.8 Å². The first kappa shape index (κ1) is 35.4. The number of benzene rings is 3. The van der Waals surface area contributed by atoms with Crippen LogP contribution in [-0.4, -0.2) is 68.4 Å². The first-order chi connectivity index (χ1) is 23.7. The normalized spacial score (nSPS) is 24.7. The van der Waals surface area contributed by atoms with Crippen LogP contribution in [0.25, 0.3) is 0 Å². The van der Waals surface area contributed by atoms with E-state index in [4.69, 9.17) is 9.47 Å². The molecule has 1 N–H and O–H groups in total. The highest BCUT2D eigenvalue weighted by atomic mass is 28.3. The number of methoxy groups -OCH3 is 1. The number of aryl methyl sites for hydroxylation is 1. The number of nitrogens with zero attached hydrogens (tertiary/aromatic N) is 2. The Morgan fingerprint density at radius 1 is 0.939 bits per heavy atom. The third-order valence-corrected chi connectivity index (χ3v) is 16.0. The second kappa shape index (κ2) is 15.6. The van der Waals surface area contributed by atoms with Crippen LogP contribution in [0, 0.1) is 5.92 Å².